The summed E-state index contributed by atoms with van der Waals surface area (Å²) in [6.45, 7) is 6.47. The maximum absolute atomic E-state index is 10.3. The molecule has 0 radical (unpaired) electrons. The Bertz CT molecular complexity index is 1570. The van der Waals surface area contributed by atoms with Crippen molar-refractivity contribution in [1.29, 1.82) is 0 Å². The molecule has 1 aliphatic carbocycles. The lowest BCUT2D eigenvalue weighted by molar-refractivity contribution is 0.0468. The molecule has 1 saturated carbocycles. The summed E-state index contributed by atoms with van der Waals surface area (Å²) in [6, 6.07) is 21.2. The predicted octanol–water partition coefficient (Wildman–Crippen LogP) is 8.13. The number of thiophene rings is 1. The number of phenolic OH excluding ortho intramolecular Hbond substituents is 1. The molecule has 1 aromatic heterocycles. The first-order valence-corrected chi connectivity index (χ1v) is 17.7. The van der Waals surface area contributed by atoms with Gasteiger partial charge in [-0.2, -0.15) is 0 Å². The number of hydrogen-bond donors (Lipinski definition) is 1. The van der Waals surface area contributed by atoms with Gasteiger partial charge in [0.05, 0.1) is 7.11 Å². The van der Waals surface area contributed by atoms with Crippen LogP contribution in [0.15, 0.2) is 60.7 Å². The van der Waals surface area contributed by atoms with Crippen LogP contribution in [0.1, 0.15) is 62.5 Å². The first-order chi connectivity index (χ1) is 22.1. The van der Waals surface area contributed by atoms with Crippen molar-refractivity contribution in [3.05, 3.63) is 71.8 Å². The van der Waals surface area contributed by atoms with Gasteiger partial charge in [-0.25, -0.2) is 0 Å². The molecule has 1 N–H and O–H groups in total. The Hall–Kier alpha value is -3.26. The summed E-state index contributed by atoms with van der Waals surface area (Å²) in [5, 5.41) is 11.4. The second-order valence-corrected chi connectivity index (χ2v) is 14.0. The number of nitrogens with zero attached hydrogens (tertiary/aromatic N) is 2. The fourth-order valence-corrected chi connectivity index (χ4v) is 8.80. The zero-order chi connectivity index (χ0) is 30.6. The third-order valence-corrected chi connectivity index (χ3v) is 11.2. The van der Waals surface area contributed by atoms with E-state index in [1.54, 1.807) is 24.5 Å². The second-order valence-electron chi connectivity index (χ2n) is 12.9. The lowest BCUT2D eigenvalue weighted by Crippen LogP contribution is -2.46. The molecule has 2 atom stereocenters. The van der Waals surface area contributed by atoms with E-state index in [1.807, 2.05) is 12.1 Å². The van der Waals surface area contributed by atoms with Crippen LogP contribution < -0.4 is 14.2 Å². The molecular formula is C38H46N2O4S. The van der Waals surface area contributed by atoms with Crippen molar-refractivity contribution in [3.8, 4) is 33.4 Å². The topological polar surface area (TPSA) is 54.4 Å². The minimum absolute atomic E-state index is 0.212. The Morgan fingerprint density at radius 2 is 1.60 bits per heavy atom. The van der Waals surface area contributed by atoms with Crippen LogP contribution in [0.2, 0.25) is 0 Å². The molecule has 7 heteroatoms. The summed E-state index contributed by atoms with van der Waals surface area (Å²) < 4.78 is 19.8. The summed E-state index contributed by atoms with van der Waals surface area (Å²) in [5.74, 6) is 2.84. The van der Waals surface area contributed by atoms with E-state index in [1.165, 1.54) is 92.5 Å². The van der Waals surface area contributed by atoms with Crippen molar-refractivity contribution in [3.63, 3.8) is 0 Å². The number of fused-ring (bicyclic) bond motifs is 1. The van der Waals surface area contributed by atoms with Crippen LogP contribution in [0.3, 0.4) is 0 Å². The number of ether oxygens (including phenoxy) is 3. The second kappa shape index (κ2) is 14.0. The normalized spacial score (nSPS) is 21.0. The van der Waals surface area contributed by atoms with E-state index in [-0.39, 0.29) is 6.10 Å². The molecular weight excluding hydrogens is 580 g/mol. The van der Waals surface area contributed by atoms with Crippen molar-refractivity contribution in [2.75, 3.05) is 46.4 Å². The van der Waals surface area contributed by atoms with Gasteiger partial charge in [-0.1, -0.05) is 12.5 Å². The maximum Gasteiger partial charge on any atom is 0.161 e. The van der Waals surface area contributed by atoms with E-state index in [9.17, 15) is 5.11 Å². The quantitative estimate of drug-likeness (QED) is 0.181. The van der Waals surface area contributed by atoms with E-state index in [0.717, 1.165) is 46.9 Å². The molecule has 45 heavy (non-hydrogen) atoms. The van der Waals surface area contributed by atoms with Crippen LogP contribution in [-0.4, -0.2) is 73.5 Å². The zero-order valence-corrected chi connectivity index (χ0v) is 27.3. The number of hydrogen-bond acceptors (Lipinski definition) is 7. The first-order valence-electron chi connectivity index (χ1n) is 16.9. The maximum atomic E-state index is 10.3. The van der Waals surface area contributed by atoms with Gasteiger partial charge in [-0.3, -0.25) is 9.80 Å². The lowest BCUT2D eigenvalue weighted by atomic mass is 9.91. The number of benzene rings is 3. The predicted molar refractivity (Wildman–Crippen MR) is 183 cm³/mol. The number of phenols is 1. The molecule has 3 aliphatic rings. The van der Waals surface area contributed by atoms with Crippen LogP contribution in [-0.2, 0) is 6.42 Å². The lowest BCUT2D eigenvalue weighted by Gasteiger charge is -2.38. The molecule has 2 aliphatic heterocycles. The van der Waals surface area contributed by atoms with E-state index in [0.29, 0.717) is 18.4 Å². The summed E-state index contributed by atoms with van der Waals surface area (Å²) >= 11 is 1.73. The summed E-state index contributed by atoms with van der Waals surface area (Å²) in [6.07, 6.45) is 11.0. The van der Waals surface area contributed by atoms with Crippen molar-refractivity contribution in [1.82, 2.24) is 9.80 Å². The van der Waals surface area contributed by atoms with Gasteiger partial charge in [0.25, 0.3) is 0 Å². The SMILES string of the molecule is COc1cc(Cc2c(-c3ccc(OCCN4CCCC4)cc3)sc3cc(O)ccc23)ccc1O[C@H]1CCCC[C@@H]1N1CCCC1. The van der Waals surface area contributed by atoms with Gasteiger partial charge in [0.1, 0.15) is 24.2 Å². The zero-order valence-electron chi connectivity index (χ0n) is 26.5. The molecule has 3 aromatic carbocycles. The van der Waals surface area contributed by atoms with Gasteiger partial charge in [0.15, 0.2) is 11.5 Å². The van der Waals surface area contributed by atoms with Crippen molar-refractivity contribution >= 4 is 21.4 Å². The monoisotopic (exact) mass is 626 g/mol. The van der Waals surface area contributed by atoms with Crippen molar-refractivity contribution in [2.24, 2.45) is 0 Å². The third kappa shape index (κ3) is 6.96. The molecule has 7 rings (SSSR count). The minimum atomic E-state index is 0.212. The molecule has 3 fully saturated rings. The average molecular weight is 627 g/mol. The Morgan fingerprint density at radius 3 is 2.40 bits per heavy atom. The molecule has 238 valence electrons. The number of methoxy groups -OCH3 is 1. The standard InChI is InChI=1S/C38H46N2O4S/c1-42-36-25-27(10-17-35(36)44-34-9-3-2-8-33(34)40-20-6-7-21-40)24-32-31-16-13-29(41)26-37(31)45-38(32)28-11-14-30(15-12-28)43-23-22-39-18-4-5-19-39/h10-17,25-26,33-34,41H,2-9,18-24H2,1H3/t33-,34-/m0/s1. The number of likely N-dealkylation sites (tertiary alicyclic amines) is 2. The molecule has 6 nitrogen and oxygen atoms in total. The number of aromatic hydroxyl groups is 1. The first kappa shape index (κ1) is 30.4. The van der Waals surface area contributed by atoms with Crippen LogP contribution in [0.4, 0.5) is 0 Å². The highest BCUT2D eigenvalue weighted by atomic mass is 32.1. The van der Waals surface area contributed by atoms with Crippen LogP contribution in [0.25, 0.3) is 20.5 Å². The number of rotatable bonds is 11. The van der Waals surface area contributed by atoms with Gasteiger partial charge in [0.2, 0.25) is 0 Å². The van der Waals surface area contributed by atoms with Gasteiger partial charge >= 0.3 is 0 Å². The Kier molecular flexibility index (Phi) is 9.47. The Balaban J connectivity index is 1.11. The highest BCUT2D eigenvalue weighted by Crippen LogP contribution is 2.42. The smallest absolute Gasteiger partial charge is 0.161 e. The molecule has 2 saturated heterocycles. The average Bonchev–Trinajstić information content (AvgIpc) is 3.85. The van der Waals surface area contributed by atoms with E-state index in [4.69, 9.17) is 14.2 Å². The Morgan fingerprint density at radius 1 is 0.822 bits per heavy atom. The largest absolute Gasteiger partial charge is 0.508 e. The summed E-state index contributed by atoms with van der Waals surface area (Å²) in [7, 11) is 1.74. The summed E-state index contributed by atoms with van der Waals surface area (Å²) in [5.41, 5.74) is 3.60. The van der Waals surface area contributed by atoms with Gasteiger partial charge < -0.3 is 19.3 Å². The highest BCUT2D eigenvalue weighted by molar-refractivity contribution is 7.22. The van der Waals surface area contributed by atoms with Crippen LogP contribution in [0, 0.1) is 0 Å². The van der Waals surface area contributed by atoms with Crippen molar-refractivity contribution in [2.45, 2.75) is 69.9 Å². The van der Waals surface area contributed by atoms with Gasteiger partial charge in [-0.05, 0) is 154 Å². The van der Waals surface area contributed by atoms with Crippen LogP contribution in [0.5, 0.6) is 23.0 Å². The highest BCUT2D eigenvalue weighted by Gasteiger charge is 2.33. The minimum Gasteiger partial charge on any atom is -0.508 e. The van der Waals surface area contributed by atoms with E-state index >= 15 is 0 Å². The molecule has 0 amide bonds. The molecule has 0 unspecified atom stereocenters. The third-order valence-electron chi connectivity index (χ3n) is 9.93. The van der Waals surface area contributed by atoms with E-state index in [2.05, 4.69) is 52.3 Å². The van der Waals surface area contributed by atoms with E-state index < -0.39 is 0 Å². The molecule has 0 spiro atoms. The van der Waals surface area contributed by atoms with Crippen LogP contribution >= 0.6 is 11.3 Å². The fourth-order valence-electron chi connectivity index (χ4n) is 7.54. The Labute approximate surface area is 271 Å². The molecule has 0 bridgehead atoms. The summed E-state index contributed by atoms with van der Waals surface area (Å²) in [4.78, 5) is 6.34. The van der Waals surface area contributed by atoms with Crippen molar-refractivity contribution < 1.29 is 19.3 Å². The molecule has 3 heterocycles. The van der Waals surface area contributed by atoms with Gasteiger partial charge in [-0.15, -0.1) is 11.3 Å². The molecule has 4 aromatic rings. The van der Waals surface area contributed by atoms with Gasteiger partial charge in [0, 0.05) is 22.2 Å². The fraction of sp³-hybridized carbons (Fsp3) is 0.474.